The van der Waals surface area contributed by atoms with Gasteiger partial charge in [-0.05, 0) is 57.0 Å². The third kappa shape index (κ3) is 3.17. The highest BCUT2D eigenvalue weighted by atomic mass is 16.5. The van der Waals surface area contributed by atoms with Crippen molar-refractivity contribution in [3.8, 4) is 28.4 Å². The topological polar surface area (TPSA) is 39.7 Å². The van der Waals surface area contributed by atoms with Crippen molar-refractivity contribution in [3.05, 3.63) is 54.1 Å². The van der Waals surface area contributed by atoms with E-state index < -0.39 is 0 Å². The molecule has 4 heteroatoms. The Hall–Kier alpha value is -2.88. The number of rotatable bonds is 5. The van der Waals surface area contributed by atoms with Crippen molar-refractivity contribution in [1.82, 2.24) is 0 Å². The molecular weight excluding hydrogens is 362 g/mol. The highest BCUT2D eigenvalue weighted by Gasteiger charge is 2.35. The van der Waals surface area contributed by atoms with E-state index in [1.165, 1.54) is 16.7 Å². The molecule has 29 heavy (non-hydrogen) atoms. The summed E-state index contributed by atoms with van der Waals surface area (Å²) < 4.78 is 18.1. The summed E-state index contributed by atoms with van der Waals surface area (Å²) in [6, 6.07) is 8.24. The fourth-order valence-corrected chi connectivity index (χ4v) is 4.60. The van der Waals surface area contributed by atoms with E-state index in [0.717, 1.165) is 34.7 Å². The minimum absolute atomic E-state index is 0.0908. The van der Waals surface area contributed by atoms with Gasteiger partial charge in [-0.2, -0.15) is 0 Å². The van der Waals surface area contributed by atoms with Gasteiger partial charge in [0.1, 0.15) is 11.9 Å². The van der Waals surface area contributed by atoms with Crippen molar-refractivity contribution in [2.24, 2.45) is 0 Å². The zero-order chi connectivity index (χ0) is 20.8. The maximum Gasteiger partial charge on any atom is 0.172 e. The molecule has 1 atom stereocenters. The molecule has 2 aliphatic rings. The molecule has 0 aromatic heterocycles. The molecule has 2 aromatic rings. The van der Waals surface area contributed by atoms with Crippen LogP contribution in [0.1, 0.15) is 51.3 Å². The number of nitrogens with one attached hydrogen (secondary N) is 1. The molecule has 0 spiro atoms. The van der Waals surface area contributed by atoms with Gasteiger partial charge in [-0.15, -0.1) is 6.58 Å². The number of benzene rings is 2. The lowest BCUT2D eigenvalue weighted by molar-refractivity contribution is 0.203. The van der Waals surface area contributed by atoms with E-state index in [9.17, 15) is 0 Å². The van der Waals surface area contributed by atoms with Crippen molar-refractivity contribution in [2.75, 3.05) is 19.0 Å². The molecule has 4 nitrogen and oxygen atoms in total. The van der Waals surface area contributed by atoms with E-state index in [2.05, 4.69) is 50.9 Å². The quantitative estimate of drug-likeness (QED) is 0.601. The lowest BCUT2D eigenvalue weighted by Gasteiger charge is -2.37. The zero-order valence-electron chi connectivity index (χ0n) is 17.9. The third-order valence-electron chi connectivity index (χ3n) is 5.50. The molecule has 2 aromatic carbocycles. The van der Waals surface area contributed by atoms with E-state index in [1.54, 1.807) is 7.11 Å². The van der Waals surface area contributed by atoms with Crippen LogP contribution in [-0.4, -0.2) is 19.3 Å². The van der Waals surface area contributed by atoms with Crippen molar-refractivity contribution >= 4 is 11.3 Å². The van der Waals surface area contributed by atoms with Crippen LogP contribution in [-0.2, 0) is 0 Å². The van der Waals surface area contributed by atoms with Gasteiger partial charge in [-0.25, -0.2) is 0 Å². The molecule has 0 fully saturated rings. The first-order valence-electron chi connectivity index (χ1n) is 10.2. The summed E-state index contributed by atoms with van der Waals surface area (Å²) in [7, 11) is 1.68. The molecule has 1 unspecified atom stereocenters. The van der Waals surface area contributed by atoms with Crippen LogP contribution in [0.5, 0.6) is 17.2 Å². The Kier molecular flexibility index (Phi) is 4.81. The SMILES string of the molecule is C=CCC1Oc2ccc(OCC)c(OC)c2-c2ccc3c(c21)C(C)=CC(C)(C)N3. The van der Waals surface area contributed by atoms with Crippen LogP contribution >= 0.6 is 0 Å². The maximum atomic E-state index is 6.48. The average molecular weight is 392 g/mol. The van der Waals surface area contributed by atoms with E-state index in [1.807, 2.05) is 25.1 Å². The lowest BCUT2D eigenvalue weighted by Crippen LogP contribution is -2.32. The minimum atomic E-state index is -0.0982. The molecule has 0 radical (unpaired) electrons. The van der Waals surface area contributed by atoms with Gasteiger partial charge >= 0.3 is 0 Å². The average Bonchev–Trinajstić information content (AvgIpc) is 2.67. The number of allylic oxidation sites excluding steroid dienone is 1. The fourth-order valence-electron chi connectivity index (χ4n) is 4.60. The predicted molar refractivity (Wildman–Crippen MR) is 119 cm³/mol. The van der Waals surface area contributed by atoms with Gasteiger partial charge in [0.05, 0.1) is 24.8 Å². The molecule has 0 saturated heterocycles. The van der Waals surface area contributed by atoms with Gasteiger partial charge in [-0.3, -0.25) is 0 Å². The Labute approximate surface area is 173 Å². The smallest absolute Gasteiger partial charge is 0.172 e. The Morgan fingerprint density at radius 1 is 1.21 bits per heavy atom. The summed E-state index contributed by atoms with van der Waals surface area (Å²) >= 11 is 0. The summed E-state index contributed by atoms with van der Waals surface area (Å²) in [5.74, 6) is 2.26. The number of methoxy groups -OCH3 is 1. The predicted octanol–water partition coefficient (Wildman–Crippen LogP) is 6.38. The monoisotopic (exact) mass is 391 g/mol. The second-order valence-corrected chi connectivity index (χ2v) is 8.16. The van der Waals surface area contributed by atoms with Crippen LogP contribution in [0.3, 0.4) is 0 Å². The Balaban J connectivity index is 2.01. The van der Waals surface area contributed by atoms with Crippen molar-refractivity contribution in [1.29, 1.82) is 0 Å². The van der Waals surface area contributed by atoms with Gasteiger partial charge < -0.3 is 19.5 Å². The lowest BCUT2D eigenvalue weighted by atomic mass is 9.81. The second kappa shape index (κ2) is 7.18. The number of hydrogen-bond acceptors (Lipinski definition) is 4. The number of ether oxygens (including phenoxy) is 3. The Bertz CT molecular complexity index is 1000. The minimum Gasteiger partial charge on any atom is -0.492 e. The number of hydrogen-bond donors (Lipinski definition) is 1. The first-order valence-corrected chi connectivity index (χ1v) is 10.2. The molecule has 1 N–H and O–H groups in total. The molecule has 4 rings (SSSR count). The van der Waals surface area contributed by atoms with Crippen molar-refractivity contribution in [2.45, 2.75) is 45.8 Å². The molecular formula is C25H29NO3. The number of anilines is 1. The van der Waals surface area contributed by atoms with E-state index >= 15 is 0 Å². The zero-order valence-corrected chi connectivity index (χ0v) is 17.9. The van der Waals surface area contributed by atoms with Gasteiger partial charge in [0.25, 0.3) is 0 Å². The van der Waals surface area contributed by atoms with E-state index in [4.69, 9.17) is 14.2 Å². The summed E-state index contributed by atoms with van der Waals surface area (Å²) in [6.45, 7) is 13.0. The summed E-state index contributed by atoms with van der Waals surface area (Å²) in [5.41, 5.74) is 6.77. The van der Waals surface area contributed by atoms with Crippen LogP contribution in [0.4, 0.5) is 5.69 Å². The van der Waals surface area contributed by atoms with Crippen LogP contribution < -0.4 is 19.5 Å². The number of fused-ring (bicyclic) bond motifs is 5. The van der Waals surface area contributed by atoms with Gasteiger partial charge in [0.15, 0.2) is 11.5 Å². The highest BCUT2D eigenvalue weighted by molar-refractivity contribution is 5.92. The Morgan fingerprint density at radius 3 is 2.69 bits per heavy atom. The van der Waals surface area contributed by atoms with Crippen LogP contribution in [0, 0.1) is 0 Å². The summed E-state index contributed by atoms with van der Waals surface area (Å²) in [6.07, 6.45) is 4.84. The normalized spacial score (nSPS) is 18.2. The highest BCUT2D eigenvalue weighted by Crippen LogP contribution is 2.54. The summed E-state index contributed by atoms with van der Waals surface area (Å²) in [5, 5.41) is 3.65. The van der Waals surface area contributed by atoms with Crippen molar-refractivity contribution < 1.29 is 14.2 Å². The van der Waals surface area contributed by atoms with Crippen LogP contribution in [0.2, 0.25) is 0 Å². The molecule has 0 bridgehead atoms. The first-order chi connectivity index (χ1) is 13.9. The van der Waals surface area contributed by atoms with E-state index in [0.29, 0.717) is 12.4 Å². The van der Waals surface area contributed by atoms with E-state index in [-0.39, 0.29) is 11.6 Å². The molecule has 2 aliphatic heterocycles. The second-order valence-electron chi connectivity index (χ2n) is 8.16. The molecule has 0 amide bonds. The molecule has 152 valence electrons. The van der Waals surface area contributed by atoms with Gasteiger partial charge in [0.2, 0.25) is 0 Å². The van der Waals surface area contributed by atoms with Crippen molar-refractivity contribution in [3.63, 3.8) is 0 Å². The molecule has 0 saturated carbocycles. The van der Waals surface area contributed by atoms with Gasteiger partial charge in [0, 0.05) is 23.2 Å². The maximum absolute atomic E-state index is 6.48. The van der Waals surface area contributed by atoms with Gasteiger partial charge in [-0.1, -0.05) is 18.2 Å². The third-order valence-corrected chi connectivity index (χ3v) is 5.50. The Morgan fingerprint density at radius 2 is 2.00 bits per heavy atom. The largest absolute Gasteiger partial charge is 0.492 e. The van der Waals surface area contributed by atoms with Crippen LogP contribution in [0.25, 0.3) is 16.7 Å². The fraction of sp³-hybridized carbons (Fsp3) is 0.360. The standard InChI is InChI=1S/C25H29NO3/c1-7-9-18-22-16(10-11-17-21(22)15(3)14-25(4,5)26-17)23-19(29-18)12-13-20(28-8-2)24(23)27-6/h7,10-14,18,26H,1,8-9H2,2-6H3. The molecule has 0 aliphatic carbocycles. The van der Waals surface area contributed by atoms with Crippen LogP contribution in [0.15, 0.2) is 43.0 Å². The summed E-state index contributed by atoms with van der Waals surface area (Å²) in [4.78, 5) is 0. The molecule has 2 heterocycles. The first kappa shape index (κ1) is 19.4.